The van der Waals surface area contributed by atoms with E-state index in [1.807, 2.05) is 44.2 Å². The molecule has 4 rings (SSSR count). The fourth-order valence-corrected chi connectivity index (χ4v) is 4.21. The summed E-state index contributed by atoms with van der Waals surface area (Å²) >= 11 is 0. The second kappa shape index (κ2) is 8.79. The Morgan fingerprint density at radius 1 is 1.16 bits per heavy atom. The number of nitrogens with zero attached hydrogens (tertiary/aromatic N) is 2. The molecule has 2 heterocycles. The monoisotopic (exact) mass is 421 g/mol. The van der Waals surface area contributed by atoms with E-state index >= 15 is 0 Å². The van der Waals surface area contributed by atoms with Gasteiger partial charge < -0.3 is 19.9 Å². The molecule has 0 aliphatic carbocycles. The van der Waals surface area contributed by atoms with Crippen molar-refractivity contribution in [3.63, 3.8) is 0 Å². The van der Waals surface area contributed by atoms with E-state index < -0.39 is 6.04 Å². The second-order valence-electron chi connectivity index (χ2n) is 7.96. The maximum Gasteiger partial charge on any atom is 0.256 e. The number of anilines is 1. The third-order valence-electron chi connectivity index (χ3n) is 5.76. The van der Waals surface area contributed by atoms with Crippen molar-refractivity contribution in [2.75, 3.05) is 24.6 Å². The minimum absolute atomic E-state index is 0.121. The summed E-state index contributed by atoms with van der Waals surface area (Å²) in [6.07, 6.45) is 1.42. The molecule has 0 saturated carbocycles. The predicted octanol–water partition coefficient (Wildman–Crippen LogP) is 2.66. The van der Waals surface area contributed by atoms with E-state index in [1.54, 1.807) is 17.0 Å². The molecule has 1 saturated heterocycles. The molecule has 1 atom stereocenters. The van der Waals surface area contributed by atoms with Gasteiger partial charge in [0.25, 0.3) is 5.91 Å². The molecule has 1 N–H and O–H groups in total. The van der Waals surface area contributed by atoms with Crippen LogP contribution in [-0.2, 0) is 16.1 Å². The zero-order chi connectivity index (χ0) is 22.0. The van der Waals surface area contributed by atoms with Crippen LogP contribution < -0.4 is 15.0 Å². The molecule has 162 valence electrons. The summed E-state index contributed by atoms with van der Waals surface area (Å²) in [6.45, 7) is 5.24. The lowest BCUT2D eigenvalue weighted by atomic mass is 10.1. The smallest absolute Gasteiger partial charge is 0.256 e. The summed E-state index contributed by atoms with van der Waals surface area (Å²) in [5.74, 6) is 0.189. The molecule has 2 aliphatic heterocycles. The fourth-order valence-electron chi connectivity index (χ4n) is 4.21. The minimum Gasteiger partial charge on any atom is -0.494 e. The molecule has 31 heavy (non-hydrogen) atoms. The highest BCUT2D eigenvalue weighted by molar-refractivity contribution is 6.12. The highest BCUT2D eigenvalue weighted by Gasteiger charge is 2.42. The number of carbonyl (C=O) groups is 3. The molecule has 0 spiro atoms. The Balaban J connectivity index is 1.51. The lowest BCUT2D eigenvalue weighted by molar-refractivity contribution is -0.125. The number of benzene rings is 2. The van der Waals surface area contributed by atoms with Gasteiger partial charge in [-0.15, -0.1) is 0 Å². The van der Waals surface area contributed by atoms with Crippen molar-refractivity contribution in [3.8, 4) is 5.75 Å². The van der Waals surface area contributed by atoms with E-state index in [0.717, 1.165) is 23.3 Å². The average Bonchev–Trinajstić information content (AvgIpc) is 3.24. The largest absolute Gasteiger partial charge is 0.494 e. The first-order valence-corrected chi connectivity index (χ1v) is 10.7. The quantitative estimate of drug-likeness (QED) is 0.778. The standard InChI is InChI=1S/C24H27N3O4/c1-3-31-18-9-7-17(8-10-18)14-25-22(28)15-27-20-11-6-16(2)13-19(20)23(29)26-12-4-5-21(26)24(27)30/h6-11,13,21H,3-5,12,14-15H2,1-2H3,(H,25,28)/t21-/m0/s1. The maximum absolute atomic E-state index is 13.3. The third kappa shape index (κ3) is 4.26. The number of fused-ring (bicyclic) bond motifs is 2. The Labute approximate surface area is 182 Å². The SMILES string of the molecule is CCOc1ccc(CNC(=O)CN2C(=O)[C@@H]3CCCN3C(=O)c3cc(C)ccc32)cc1. The zero-order valence-electron chi connectivity index (χ0n) is 17.9. The van der Waals surface area contributed by atoms with Crippen molar-refractivity contribution in [1.29, 1.82) is 0 Å². The summed E-state index contributed by atoms with van der Waals surface area (Å²) in [7, 11) is 0. The van der Waals surface area contributed by atoms with Crippen molar-refractivity contribution in [1.82, 2.24) is 10.2 Å². The summed E-state index contributed by atoms with van der Waals surface area (Å²) in [4.78, 5) is 42.2. The van der Waals surface area contributed by atoms with E-state index in [1.165, 1.54) is 4.90 Å². The number of nitrogens with one attached hydrogen (secondary N) is 1. The lowest BCUT2D eigenvalue weighted by Gasteiger charge is -2.25. The van der Waals surface area contributed by atoms with Crippen LogP contribution in [0.4, 0.5) is 5.69 Å². The van der Waals surface area contributed by atoms with Crippen molar-refractivity contribution in [2.45, 2.75) is 39.3 Å². The topological polar surface area (TPSA) is 79.0 Å². The third-order valence-corrected chi connectivity index (χ3v) is 5.76. The first-order chi connectivity index (χ1) is 15.0. The van der Waals surface area contributed by atoms with Gasteiger partial charge in [0.15, 0.2) is 0 Å². The van der Waals surface area contributed by atoms with Gasteiger partial charge in [0.05, 0.1) is 17.9 Å². The number of carbonyl (C=O) groups excluding carboxylic acids is 3. The summed E-state index contributed by atoms with van der Waals surface area (Å²) in [5, 5.41) is 2.88. The Kier molecular flexibility index (Phi) is 5.93. The summed E-state index contributed by atoms with van der Waals surface area (Å²) < 4.78 is 5.43. The molecule has 0 unspecified atom stereocenters. The van der Waals surface area contributed by atoms with Crippen LogP contribution in [0.1, 0.15) is 41.3 Å². The molecule has 7 heteroatoms. The average molecular weight is 421 g/mol. The van der Waals surface area contributed by atoms with E-state index in [9.17, 15) is 14.4 Å². The molecule has 0 aromatic heterocycles. The van der Waals surface area contributed by atoms with Crippen LogP contribution >= 0.6 is 0 Å². The van der Waals surface area contributed by atoms with Crippen LogP contribution in [0.5, 0.6) is 5.75 Å². The molecule has 0 bridgehead atoms. The molecular weight excluding hydrogens is 394 g/mol. The first kappa shape index (κ1) is 20.9. The van der Waals surface area contributed by atoms with Gasteiger partial charge in [-0.25, -0.2) is 0 Å². The van der Waals surface area contributed by atoms with Crippen LogP contribution in [0.2, 0.25) is 0 Å². The Hall–Kier alpha value is -3.35. The van der Waals surface area contributed by atoms with E-state index in [2.05, 4.69) is 5.32 Å². The van der Waals surface area contributed by atoms with E-state index in [0.29, 0.717) is 37.4 Å². The van der Waals surface area contributed by atoms with Gasteiger partial charge in [-0.05, 0) is 56.5 Å². The summed E-state index contributed by atoms with van der Waals surface area (Å²) in [5.41, 5.74) is 2.87. The first-order valence-electron chi connectivity index (χ1n) is 10.7. The van der Waals surface area contributed by atoms with Gasteiger partial charge in [0.2, 0.25) is 11.8 Å². The molecular formula is C24H27N3O4. The van der Waals surface area contributed by atoms with Crippen molar-refractivity contribution in [3.05, 3.63) is 59.2 Å². The van der Waals surface area contributed by atoms with Crippen molar-refractivity contribution in [2.24, 2.45) is 0 Å². The van der Waals surface area contributed by atoms with Crippen LogP contribution in [0.15, 0.2) is 42.5 Å². The zero-order valence-corrected chi connectivity index (χ0v) is 17.9. The van der Waals surface area contributed by atoms with E-state index in [4.69, 9.17) is 4.74 Å². The highest BCUT2D eigenvalue weighted by Crippen LogP contribution is 2.32. The molecule has 7 nitrogen and oxygen atoms in total. The predicted molar refractivity (Wildman–Crippen MR) is 117 cm³/mol. The van der Waals surface area contributed by atoms with Crippen molar-refractivity contribution < 1.29 is 19.1 Å². The molecule has 2 aromatic rings. The molecule has 0 radical (unpaired) electrons. The second-order valence-corrected chi connectivity index (χ2v) is 7.96. The fraction of sp³-hybridized carbons (Fsp3) is 0.375. The lowest BCUT2D eigenvalue weighted by Crippen LogP contribution is -2.48. The number of rotatable bonds is 6. The van der Waals surface area contributed by atoms with Gasteiger partial charge in [-0.2, -0.15) is 0 Å². The molecule has 1 fully saturated rings. The van der Waals surface area contributed by atoms with Crippen LogP contribution in [-0.4, -0.2) is 48.4 Å². The number of aryl methyl sites for hydroxylation is 1. The normalized spacial score (nSPS) is 17.8. The van der Waals surface area contributed by atoms with Gasteiger partial charge in [-0.1, -0.05) is 23.8 Å². The van der Waals surface area contributed by atoms with Crippen LogP contribution in [0.25, 0.3) is 0 Å². The number of ether oxygens (including phenoxy) is 1. The van der Waals surface area contributed by atoms with Gasteiger partial charge in [0.1, 0.15) is 18.3 Å². The van der Waals surface area contributed by atoms with Crippen molar-refractivity contribution >= 4 is 23.4 Å². The number of hydrogen-bond acceptors (Lipinski definition) is 4. The molecule has 2 aromatic carbocycles. The summed E-state index contributed by atoms with van der Waals surface area (Å²) in [6, 6.07) is 12.5. The Morgan fingerprint density at radius 3 is 2.68 bits per heavy atom. The van der Waals surface area contributed by atoms with Gasteiger partial charge in [-0.3, -0.25) is 14.4 Å². The van der Waals surface area contributed by atoms with Gasteiger partial charge >= 0.3 is 0 Å². The number of amides is 3. The Morgan fingerprint density at radius 2 is 1.94 bits per heavy atom. The minimum atomic E-state index is -0.501. The Bertz CT molecular complexity index is 1000. The van der Waals surface area contributed by atoms with E-state index in [-0.39, 0.29) is 24.3 Å². The highest BCUT2D eigenvalue weighted by atomic mass is 16.5. The maximum atomic E-state index is 13.3. The van der Waals surface area contributed by atoms with Gasteiger partial charge in [0, 0.05) is 13.1 Å². The van der Waals surface area contributed by atoms with Crippen LogP contribution in [0, 0.1) is 6.92 Å². The molecule has 3 amide bonds. The van der Waals surface area contributed by atoms with Crippen LogP contribution in [0.3, 0.4) is 0 Å². The number of hydrogen-bond donors (Lipinski definition) is 1. The molecule has 2 aliphatic rings.